The van der Waals surface area contributed by atoms with Gasteiger partial charge >= 0.3 is 0 Å². The molecule has 0 saturated heterocycles. The lowest BCUT2D eigenvalue weighted by molar-refractivity contribution is -0.128. The fourth-order valence-electron chi connectivity index (χ4n) is 5.49. The van der Waals surface area contributed by atoms with Crippen molar-refractivity contribution in [2.45, 2.75) is 82.0 Å². The summed E-state index contributed by atoms with van der Waals surface area (Å²) in [6.45, 7) is 7.92. The summed E-state index contributed by atoms with van der Waals surface area (Å²) >= 11 is 1.22. The van der Waals surface area contributed by atoms with Crippen LogP contribution < -0.4 is 15.4 Å². The number of benzene rings is 2. The van der Waals surface area contributed by atoms with Gasteiger partial charge < -0.3 is 15.7 Å². The van der Waals surface area contributed by atoms with Crippen molar-refractivity contribution in [3.05, 3.63) is 66.0 Å². The Balaban J connectivity index is 1.79. The number of amides is 2. The number of aliphatic hydroxyl groups excluding tert-OH is 1. The molecule has 1 aliphatic rings. The highest BCUT2D eigenvalue weighted by molar-refractivity contribution is 7.99. The Hall–Kier alpha value is -2.47. The molecule has 0 aromatic heterocycles. The molecule has 42 heavy (non-hydrogen) atoms. The summed E-state index contributed by atoms with van der Waals surface area (Å²) in [5, 5.41) is 17.5. The Kier molecular flexibility index (Phi) is 12.0. The minimum Gasteiger partial charge on any atom is -0.391 e. The van der Waals surface area contributed by atoms with Crippen molar-refractivity contribution >= 4 is 33.6 Å². The maximum atomic E-state index is 13.5. The molecule has 6 atom stereocenters. The number of sulfonamides is 1. The van der Waals surface area contributed by atoms with E-state index >= 15 is 0 Å². The van der Waals surface area contributed by atoms with Gasteiger partial charge in [-0.25, -0.2) is 17.5 Å². The quantitative estimate of drug-likeness (QED) is 0.252. The Morgan fingerprint density at radius 3 is 2.31 bits per heavy atom. The van der Waals surface area contributed by atoms with Gasteiger partial charge in [-0.2, -0.15) is 0 Å². The number of thioether (sulfide) groups is 1. The van der Waals surface area contributed by atoms with Crippen molar-refractivity contribution in [2.24, 2.45) is 17.8 Å². The van der Waals surface area contributed by atoms with Crippen LogP contribution in [-0.2, 0) is 26.0 Å². The zero-order chi connectivity index (χ0) is 31.1. The van der Waals surface area contributed by atoms with E-state index in [9.17, 15) is 27.5 Å². The molecule has 0 aliphatic heterocycles. The predicted molar refractivity (Wildman–Crippen MR) is 165 cm³/mol. The van der Waals surface area contributed by atoms with Gasteiger partial charge in [-0.3, -0.25) is 9.59 Å². The SMILES string of the molecule is CC1CC(C[C@@H](O)[C@H](Cc2ccccc2)NC(=O)[C@@H](CSc2ccc(F)cc2)NS(C)(=O)=O)C(C(=O)NC(C)(C)C)C1. The van der Waals surface area contributed by atoms with Crippen LogP contribution in [0.5, 0.6) is 0 Å². The number of rotatable bonds is 13. The number of carbonyl (C=O) groups excluding carboxylic acids is 2. The summed E-state index contributed by atoms with van der Waals surface area (Å²) in [4.78, 5) is 27.3. The van der Waals surface area contributed by atoms with Gasteiger partial charge in [0.05, 0.1) is 18.4 Å². The summed E-state index contributed by atoms with van der Waals surface area (Å²) in [6, 6.07) is 13.3. The third kappa shape index (κ3) is 11.3. The molecule has 1 saturated carbocycles. The highest BCUT2D eigenvalue weighted by Crippen LogP contribution is 2.40. The van der Waals surface area contributed by atoms with Crippen molar-refractivity contribution in [3.8, 4) is 0 Å². The lowest BCUT2D eigenvalue weighted by Crippen LogP contribution is -2.54. The Bertz CT molecular complexity index is 1290. The van der Waals surface area contributed by atoms with Crippen LogP contribution >= 0.6 is 11.8 Å². The summed E-state index contributed by atoms with van der Waals surface area (Å²) < 4.78 is 40.0. The maximum Gasteiger partial charge on any atom is 0.239 e. The zero-order valence-corrected chi connectivity index (χ0v) is 26.6. The summed E-state index contributed by atoms with van der Waals surface area (Å²) in [7, 11) is -3.74. The topological polar surface area (TPSA) is 125 Å². The standard InChI is InChI=1S/C31H44FN3O5S2/c1-20-15-22(25(16-20)29(37)34-31(2,3)4)18-28(36)26(17-21-9-7-6-8-10-21)33-30(38)27(35-42(5,39)40)19-41-24-13-11-23(32)12-14-24/h6-14,20,22,25-28,35-36H,15-19H2,1-5H3,(H,33,38)(H,34,37)/t20?,22?,25?,26-,27+,28+/m0/s1. The van der Waals surface area contributed by atoms with E-state index in [2.05, 4.69) is 22.3 Å². The summed E-state index contributed by atoms with van der Waals surface area (Å²) in [5.41, 5.74) is 0.528. The van der Waals surface area contributed by atoms with Crippen molar-refractivity contribution in [1.29, 1.82) is 0 Å². The Morgan fingerprint density at radius 1 is 1.07 bits per heavy atom. The van der Waals surface area contributed by atoms with Crippen molar-refractivity contribution in [1.82, 2.24) is 15.4 Å². The molecule has 11 heteroatoms. The smallest absolute Gasteiger partial charge is 0.239 e. The average molecular weight is 622 g/mol. The van der Waals surface area contributed by atoms with E-state index in [0.717, 1.165) is 24.7 Å². The van der Waals surface area contributed by atoms with Crippen LogP contribution in [0.15, 0.2) is 59.5 Å². The van der Waals surface area contributed by atoms with Crippen molar-refractivity contribution < 1.29 is 27.5 Å². The molecule has 0 radical (unpaired) electrons. The van der Waals surface area contributed by atoms with Gasteiger partial charge in [0.15, 0.2) is 0 Å². The van der Waals surface area contributed by atoms with E-state index in [1.165, 1.54) is 23.9 Å². The predicted octanol–water partition coefficient (Wildman–Crippen LogP) is 3.89. The second-order valence-corrected chi connectivity index (χ2v) is 15.4. The number of carbonyl (C=O) groups is 2. The van der Waals surface area contributed by atoms with E-state index in [4.69, 9.17) is 0 Å². The number of halogens is 1. The second kappa shape index (κ2) is 14.8. The first-order valence-corrected chi connectivity index (χ1v) is 17.2. The average Bonchev–Trinajstić information content (AvgIpc) is 3.26. The van der Waals surface area contributed by atoms with Crippen LogP contribution in [0.1, 0.15) is 52.5 Å². The van der Waals surface area contributed by atoms with Gasteiger partial charge in [0.1, 0.15) is 11.9 Å². The minimum atomic E-state index is -3.74. The fraction of sp³-hybridized carbons (Fsp3) is 0.548. The first kappa shape index (κ1) is 34.0. The molecule has 0 bridgehead atoms. The molecule has 232 valence electrons. The van der Waals surface area contributed by atoms with E-state index in [-0.39, 0.29) is 29.0 Å². The monoisotopic (exact) mass is 621 g/mol. The van der Waals surface area contributed by atoms with Crippen LogP contribution in [0.3, 0.4) is 0 Å². The van der Waals surface area contributed by atoms with Crippen LogP contribution in [0.2, 0.25) is 0 Å². The summed E-state index contributed by atoms with van der Waals surface area (Å²) in [5.74, 6) is -0.907. The van der Waals surface area contributed by atoms with E-state index < -0.39 is 39.9 Å². The molecule has 1 fully saturated rings. The van der Waals surface area contributed by atoms with Crippen LogP contribution in [0.25, 0.3) is 0 Å². The van der Waals surface area contributed by atoms with Gasteiger partial charge in [0, 0.05) is 22.1 Å². The van der Waals surface area contributed by atoms with Crippen LogP contribution in [0, 0.1) is 23.6 Å². The number of nitrogens with one attached hydrogen (secondary N) is 3. The molecule has 0 heterocycles. The largest absolute Gasteiger partial charge is 0.391 e. The van der Waals surface area contributed by atoms with Gasteiger partial charge in [-0.15, -0.1) is 11.8 Å². The zero-order valence-electron chi connectivity index (χ0n) is 25.0. The molecule has 2 aromatic carbocycles. The van der Waals surface area contributed by atoms with Crippen molar-refractivity contribution in [3.63, 3.8) is 0 Å². The van der Waals surface area contributed by atoms with Crippen molar-refractivity contribution in [2.75, 3.05) is 12.0 Å². The lowest BCUT2D eigenvalue weighted by Gasteiger charge is -2.31. The first-order chi connectivity index (χ1) is 19.6. The first-order valence-electron chi connectivity index (χ1n) is 14.3. The maximum absolute atomic E-state index is 13.5. The lowest BCUT2D eigenvalue weighted by atomic mass is 9.86. The molecule has 4 N–H and O–H groups in total. The number of aliphatic hydroxyl groups is 1. The molecule has 3 unspecified atom stereocenters. The van der Waals surface area contributed by atoms with Gasteiger partial charge in [-0.05, 0) is 88.1 Å². The molecular weight excluding hydrogens is 577 g/mol. The molecule has 0 spiro atoms. The Morgan fingerprint density at radius 2 is 1.71 bits per heavy atom. The molecular formula is C31H44FN3O5S2. The number of hydrogen-bond acceptors (Lipinski definition) is 6. The molecule has 2 amide bonds. The minimum absolute atomic E-state index is 0.0251. The van der Waals surface area contributed by atoms with Crippen LogP contribution in [-0.4, -0.2) is 61.1 Å². The van der Waals surface area contributed by atoms with E-state index in [1.54, 1.807) is 12.1 Å². The normalized spacial score (nSPS) is 21.4. The van der Waals surface area contributed by atoms with Gasteiger partial charge in [-0.1, -0.05) is 37.3 Å². The molecule has 1 aliphatic carbocycles. The Labute approximate surface area is 253 Å². The van der Waals surface area contributed by atoms with E-state index in [1.807, 2.05) is 51.1 Å². The second-order valence-electron chi connectivity index (χ2n) is 12.5. The van der Waals surface area contributed by atoms with Crippen LogP contribution in [0.4, 0.5) is 4.39 Å². The highest BCUT2D eigenvalue weighted by atomic mass is 32.2. The van der Waals surface area contributed by atoms with Gasteiger partial charge in [0.2, 0.25) is 21.8 Å². The molecule has 8 nitrogen and oxygen atoms in total. The highest BCUT2D eigenvalue weighted by Gasteiger charge is 2.40. The molecule has 2 aromatic rings. The summed E-state index contributed by atoms with van der Waals surface area (Å²) in [6.07, 6.45) is 2.17. The van der Waals surface area contributed by atoms with Gasteiger partial charge in [0.25, 0.3) is 0 Å². The third-order valence-electron chi connectivity index (χ3n) is 7.30. The number of hydrogen-bond donors (Lipinski definition) is 4. The van der Waals surface area contributed by atoms with E-state index in [0.29, 0.717) is 23.7 Å². The fourth-order valence-corrected chi connectivity index (χ4v) is 7.22. The third-order valence-corrected chi connectivity index (χ3v) is 9.12. The molecule has 3 rings (SSSR count).